The van der Waals surface area contributed by atoms with Crippen molar-refractivity contribution in [3.63, 3.8) is 0 Å². The molecule has 0 spiro atoms. The van der Waals surface area contributed by atoms with Crippen LogP contribution < -0.4 is 0 Å². The molecule has 0 radical (unpaired) electrons. The fraction of sp³-hybridized carbons (Fsp3) is 0.714. The Bertz CT molecular complexity index is 200. The van der Waals surface area contributed by atoms with E-state index in [0.29, 0.717) is 0 Å². The highest BCUT2D eigenvalue weighted by Gasteiger charge is 2.31. The monoisotopic (exact) mass is 256 g/mol. The summed E-state index contributed by atoms with van der Waals surface area (Å²) >= 11 is 0. The van der Waals surface area contributed by atoms with E-state index in [2.05, 4.69) is 51.2 Å². The number of rotatable bonds is 10. The zero-order chi connectivity index (χ0) is 13.0. The van der Waals surface area contributed by atoms with Crippen molar-refractivity contribution in [2.75, 3.05) is 13.2 Å². The average Bonchev–Trinajstić information content (AvgIpc) is 2.37. The predicted molar refractivity (Wildman–Crippen MR) is 77.1 cm³/mol. The van der Waals surface area contributed by atoms with E-state index in [1.165, 1.54) is 0 Å². The van der Waals surface area contributed by atoms with Gasteiger partial charge in [-0.25, -0.2) is 0 Å². The number of hydrogen-bond acceptors (Lipinski definition) is 2. The summed E-state index contributed by atoms with van der Waals surface area (Å²) in [7, 11) is -2.24. The minimum absolute atomic E-state index is 0.776. The first kappa shape index (κ1) is 16.6. The van der Waals surface area contributed by atoms with E-state index in [4.69, 9.17) is 8.85 Å². The van der Waals surface area contributed by atoms with E-state index < -0.39 is 8.56 Å². The van der Waals surface area contributed by atoms with Gasteiger partial charge in [-0.3, -0.25) is 0 Å². The number of allylic oxidation sites excluding steroid dienone is 2. The molecule has 17 heavy (non-hydrogen) atoms. The molecule has 2 nitrogen and oxygen atoms in total. The highest BCUT2D eigenvalue weighted by atomic mass is 28.4. The molecule has 0 fully saturated rings. The minimum atomic E-state index is -2.24. The third kappa shape index (κ3) is 7.52. The van der Waals surface area contributed by atoms with E-state index in [9.17, 15) is 0 Å². The Balaban J connectivity index is 4.76. The second kappa shape index (κ2) is 10.8. The van der Waals surface area contributed by atoms with Gasteiger partial charge < -0.3 is 8.85 Å². The summed E-state index contributed by atoms with van der Waals surface area (Å²) in [6, 6.07) is 0. The van der Waals surface area contributed by atoms with Crippen LogP contribution >= 0.6 is 0 Å². The molecule has 0 aliphatic heterocycles. The first-order chi connectivity index (χ1) is 8.24. The molecular formula is C14H28O2Si. The average molecular weight is 256 g/mol. The van der Waals surface area contributed by atoms with Gasteiger partial charge in [0.2, 0.25) is 0 Å². The van der Waals surface area contributed by atoms with E-state index in [1.54, 1.807) is 0 Å². The van der Waals surface area contributed by atoms with Crippen LogP contribution in [0.4, 0.5) is 0 Å². The third-order valence-electron chi connectivity index (χ3n) is 2.24. The SMILES string of the molecule is CCC=C[Si](C=CCC)(OCCC)OCCC. The molecule has 0 N–H and O–H groups in total. The smallest absolute Gasteiger partial charge is 0.388 e. The molecule has 0 aliphatic carbocycles. The van der Waals surface area contributed by atoms with Gasteiger partial charge in [-0.15, -0.1) is 0 Å². The molecule has 0 aromatic rings. The summed E-state index contributed by atoms with van der Waals surface area (Å²) in [6.07, 6.45) is 8.45. The Morgan fingerprint density at radius 2 is 1.18 bits per heavy atom. The van der Waals surface area contributed by atoms with Crippen molar-refractivity contribution in [2.45, 2.75) is 53.4 Å². The second-order valence-corrected chi connectivity index (χ2v) is 6.73. The first-order valence-electron chi connectivity index (χ1n) is 6.87. The lowest BCUT2D eigenvalue weighted by Crippen LogP contribution is -2.39. The molecule has 0 amide bonds. The largest absolute Gasteiger partial charge is 0.391 e. The predicted octanol–water partition coefficient (Wildman–Crippen LogP) is 4.29. The van der Waals surface area contributed by atoms with Gasteiger partial charge in [0.15, 0.2) is 0 Å². The maximum Gasteiger partial charge on any atom is 0.391 e. The van der Waals surface area contributed by atoms with Crippen molar-refractivity contribution in [1.29, 1.82) is 0 Å². The van der Waals surface area contributed by atoms with Crippen molar-refractivity contribution in [3.8, 4) is 0 Å². The Morgan fingerprint density at radius 3 is 1.47 bits per heavy atom. The molecular weight excluding hydrogens is 228 g/mol. The summed E-state index contributed by atoms with van der Waals surface area (Å²) in [5.41, 5.74) is 4.34. The van der Waals surface area contributed by atoms with Crippen LogP contribution in [-0.2, 0) is 8.85 Å². The molecule has 0 atom stereocenters. The van der Waals surface area contributed by atoms with Gasteiger partial charge in [0.1, 0.15) is 0 Å². The van der Waals surface area contributed by atoms with Crippen LogP contribution in [0, 0.1) is 0 Å². The lowest BCUT2D eigenvalue weighted by atomic mass is 10.5. The van der Waals surface area contributed by atoms with Gasteiger partial charge in [-0.05, 0) is 37.1 Å². The topological polar surface area (TPSA) is 18.5 Å². The normalized spacial score (nSPS) is 12.9. The van der Waals surface area contributed by atoms with Gasteiger partial charge in [0, 0.05) is 13.2 Å². The van der Waals surface area contributed by atoms with E-state index in [1.807, 2.05) is 0 Å². The lowest BCUT2D eigenvalue weighted by molar-refractivity contribution is 0.189. The third-order valence-corrected chi connectivity index (χ3v) is 4.95. The molecule has 0 saturated heterocycles. The Morgan fingerprint density at radius 1 is 0.765 bits per heavy atom. The molecule has 3 heteroatoms. The molecule has 0 bridgehead atoms. The van der Waals surface area contributed by atoms with Crippen molar-refractivity contribution < 1.29 is 8.85 Å². The van der Waals surface area contributed by atoms with Crippen LogP contribution in [0.15, 0.2) is 23.6 Å². The van der Waals surface area contributed by atoms with E-state index in [0.717, 1.165) is 38.9 Å². The van der Waals surface area contributed by atoms with Crippen molar-refractivity contribution in [3.05, 3.63) is 23.6 Å². The molecule has 0 unspecified atom stereocenters. The summed E-state index contributed by atoms with van der Waals surface area (Å²) in [5.74, 6) is 0. The summed E-state index contributed by atoms with van der Waals surface area (Å²) in [6.45, 7) is 10.1. The first-order valence-corrected chi connectivity index (χ1v) is 8.85. The van der Waals surface area contributed by atoms with Crippen LogP contribution in [0.1, 0.15) is 53.4 Å². The Hall–Kier alpha value is -0.383. The van der Waals surface area contributed by atoms with Gasteiger partial charge in [0.25, 0.3) is 0 Å². The highest BCUT2D eigenvalue weighted by molar-refractivity contribution is 6.77. The van der Waals surface area contributed by atoms with E-state index in [-0.39, 0.29) is 0 Å². The maximum atomic E-state index is 6.03. The second-order valence-electron chi connectivity index (χ2n) is 4.04. The zero-order valence-electron chi connectivity index (χ0n) is 11.9. The number of hydrogen-bond donors (Lipinski definition) is 0. The van der Waals surface area contributed by atoms with E-state index >= 15 is 0 Å². The van der Waals surface area contributed by atoms with Gasteiger partial charge in [-0.1, -0.05) is 39.8 Å². The molecule has 0 aromatic heterocycles. The molecule has 0 heterocycles. The van der Waals surface area contributed by atoms with Gasteiger partial charge in [0.05, 0.1) is 0 Å². The highest BCUT2D eigenvalue weighted by Crippen LogP contribution is 2.14. The van der Waals surface area contributed by atoms with Crippen LogP contribution in [0.2, 0.25) is 0 Å². The quantitative estimate of drug-likeness (QED) is 0.543. The molecule has 0 aliphatic rings. The van der Waals surface area contributed by atoms with Crippen molar-refractivity contribution >= 4 is 8.56 Å². The molecule has 0 rings (SSSR count). The van der Waals surface area contributed by atoms with Crippen molar-refractivity contribution in [2.24, 2.45) is 0 Å². The molecule has 100 valence electrons. The van der Waals surface area contributed by atoms with Crippen LogP contribution in [0.5, 0.6) is 0 Å². The molecule has 0 saturated carbocycles. The fourth-order valence-electron chi connectivity index (χ4n) is 1.38. The van der Waals surface area contributed by atoms with Gasteiger partial charge in [-0.2, -0.15) is 0 Å². The van der Waals surface area contributed by atoms with Crippen molar-refractivity contribution in [1.82, 2.24) is 0 Å². The van der Waals surface area contributed by atoms with Gasteiger partial charge >= 0.3 is 8.56 Å². The Kier molecular flexibility index (Phi) is 10.5. The standard InChI is InChI=1S/C14H28O2Si/c1-5-9-13-17(14-10-6-2,15-11-7-3)16-12-8-4/h9-10,13-14H,5-8,11-12H2,1-4H3. The summed E-state index contributed by atoms with van der Waals surface area (Å²) in [4.78, 5) is 0. The van der Waals surface area contributed by atoms with Crippen LogP contribution in [-0.4, -0.2) is 21.8 Å². The van der Waals surface area contributed by atoms with Crippen LogP contribution in [0.3, 0.4) is 0 Å². The lowest BCUT2D eigenvalue weighted by Gasteiger charge is -2.24. The Labute approximate surface area is 108 Å². The minimum Gasteiger partial charge on any atom is -0.388 e. The fourth-order valence-corrected chi connectivity index (χ4v) is 4.13. The molecule has 0 aromatic carbocycles. The van der Waals surface area contributed by atoms with Crippen LogP contribution in [0.25, 0.3) is 0 Å². The summed E-state index contributed by atoms with van der Waals surface area (Å²) < 4.78 is 12.1. The summed E-state index contributed by atoms with van der Waals surface area (Å²) in [5, 5.41) is 0. The zero-order valence-corrected chi connectivity index (χ0v) is 12.9. The maximum absolute atomic E-state index is 6.03.